The highest BCUT2D eigenvalue weighted by molar-refractivity contribution is 5.87. The normalized spacial score (nSPS) is 14.1. The summed E-state index contributed by atoms with van der Waals surface area (Å²) in [4.78, 5) is 0. The van der Waals surface area contributed by atoms with E-state index in [1.165, 1.54) is 29.2 Å². The minimum absolute atomic E-state index is 0.525. The minimum atomic E-state index is 0.525. The Bertz CT molecular complexity index is 579. The second-order valence-corrected chi connectivity index (χ2v) is 5.94. The molecule has 1 N–H and O–H groups in total. The van der Waals surface area contributed by atoms with E-state index in [2.05, 4.69) is 56.5 Å². The van der Waals surface area contributed by atoms with E-state index in [0.29, 0.717) is 6.04 Å². The predicted octanol–water partition coefficient (Wildman–Crippen LogP) is 4.42. The summed E-state index contributed by atoms with van der Waals surface area (Å²) in [6.07, 6.45) is 3.51. The van der Waals surface area contributed by atoms with Crippen molar-refractivity contribution in [2.75, 3.05) is 14.2 Å². The number of nitrogens with one attached hydrogen (secondary N) is 1. The van der Waals surface area contributed by atoms with Gasteiger partial charge in [-0.1, -0.05) is 44.5 Å². The topological polar surface area (TPSA) is 21.3 Å². The molecule has 0 saturated carbocycles. The molecular weight excluding hydrogens is 258 g/mol. The zero-order chi connectivity index (χ0) is 15.2. The zero-order valence-corrected chi connectivity index (χ0v) is 13.6. The summed E-state index contributed by atoms with van der Waals surface area (Å²) < 4.78 is 5.37. The van der Waals surface area contributed by atoms with Gasteiger partial charge in [0.15, 0.2) is 0 Å². The Morgan fingerprint density at radius 2 is 2.00 bits per heavy atom. The van der Waals surface area contributed by atoms with Gasteiger partial charge in [0.2, 0.25) is 0 Å². The molecule has 0 spiro atoms. The van der Waals surface area contributed by atoms with Crippen molar-refractivity contribution in [1.29, 1.82) is 0 Å². The molecule has 114 valence electrons. The molecule has 0 bridgehead atoms. The first kappa shape index (κ1) is 15.8. The Balaban J connectivity index is 2.27. The molecule has 0 heterocycles. The maximum absolute atomic E-state index is 5.37. The van der Waals surface area contributed by atoms with E-state index < -0.39 is 0 Å². The molecule has 0 saturated heterocycles. The average molecular weight is 285 g/mol. The van der Waals surface area contributed by atoms with E-state index in [4.69, 9.17) is 4.74 Å². The third-order valence-corrected chi connectivity index (χ3v) is 4.44. The van der Waals surface area contributed by atoms with Gasteiger partial charge in [0.25, 0.3) is 0 Å². The fraction of sp³-hybridized carbons (Fsp3) is 0.474. The molecule has 21 heavy (non-hydrogen) atoms. The van der Waals surface area contributed by atoms with Crippen LogP contribution in [-0.4, -0.2) is 20.2 Å². The molecule has 2 aromatic rings. The second kappa shape index (κ2) is 7.46. The van der Waals surface area contributed by atoms with Crippen LogP contribution in [0.1, 0.15) is 32.3 Å². The smallest absolute Gasteiger partial charge is 0.119 e. The molecule has 2 heteroatoms. The van der Waals surface area contributed by atoms with Gasteiger partial charge in [0.05, 0.1) is 7.11 Å². The number of hydrogen-bond donors (Lipinski definition) is 1. The molecule has 2 atom stereocenters. The lowest BCUT2D eigenvalue weighted by atomic mass is 9.92. The van der Waals surface area contributed by atoms with Crippen LogP contribution >= 0.6 is 0 Å². The van der Waals surface area contributed by atoms with Gasteiger partial charge in [-0.3, -0.25) is 0 Å². The first-order chi connectivity index (χ1) is 10.2. The van der Waals surface area contributed by atoms with Gasteiger partial charge in [-0.25, -0.2) is 0 Å². The monoisotopic (exact) mass is 285 g/mol. The minimum Gasteiger partial charge on any atom is -0.497 e. The summed E-state index contributed by atoms with van der Waals surface area (Å²) in [6, 6.07) is 13.4. The molecular formula is C19H27NO. The van der Waals surface area contributed by atoms with Crippen LogP contribution in [0, 0.1) is 5.92 Å². The van der Waals surface area contributed by atoms with Crippen LogP contribution in [0.2, 0.25) is 0 Å². The van der Waals surface area contributed by atoms with Gasteiger partial charge in [0.1, 0.15) is 5.75 Å². The quantitative estimate of drug-likeness (QED) is 0.813. The molecule has 2 rings (SSSR count). The maximum atomic E-state index is 5.37. The van der Waals surface area contributed by atoms with Crippen LogP contribution < -0.4 is 10.1 Å². The highest BCUT2D eigenvalue weighted by Gasteiger charge is 2.13. The summed E-state index contributed by atoms with van der Waals surface area (Å²) in [5, 5.41) is 6.07. The number of hydrogen-bond acceptors (Lipinski definition) is 2. The van der Waals surface area contributed by atoms with E-state index in [0.717, 1.165) is 18.1 Å². The van der Waals surface area contributed by atoms with Crippen LogP contribution in [-0.2, 0) is 6.42 Å². The number of fused-ring (bicyclic) bond motifs is 1. The number of likely N-dealkylation sites (N-methyl/N-ethyl adjacent to an activating group) is 1. The van der Waals surface area contributed by atoms with E-state index in [9.17, 15) is 0 Å². The number of benzene rings is 2. The first-order valence-electron chi connectivity index (χ1n) is 7.90. The Labute approximate surface area is 128 Å². The molecule has 2 nitrogen and oxygen atoms in total. The van der Waals surface area contributed by atoms with Gasteiger partial charge < -0.3 is 10.1 Å². The van der Waals surface area contributed by atoms with Crippen molar-refractivity contribution in [2.45, 2.75) is 39.2 Å². The maximum Gasteiger partial charge on any atom is 0.119 e. The van der Waals surface area contributed by atoms with E-state index in [-0.39, 0.29) is 0 Å². The van der Waals surface area contributed by atoms with Crippen molar-refractivity contribution in [1.82, 2.24) is 5.32 Å². The largest absolute Gasteiger partial charge is 0.497 e. The van der Waals surface area contributed by atoms with Crippen LogP contribution in [0.5, 0.6) is 5.75 Å². The van der Waals surface area contributed by atoms with E-state index >= 15 is 0 Å². The molecule has 2 aromatic carbocycles. The van der Waals surface area contributed by atoms with E-state index in [1.807, 2.05) is 6.07 Å². The van der Waals surface area contributed by atoms with Crippen molar-refractivity contribution in [3.05, 3.63) is 42.0 Å². The highest BCUT2D eigenvalue weighted by Crippen LogP contribution is 2.26. The SMILES string of the molecule is CCC(C)CC(Cc1cccc2ccc(OC)cc12)NC. The third-order valence-electron chi connectivity index (χ3n) is 4.44. The Kier molecular flexibility index (Phi) is 5.63. The molecule has 0 aliphatic carbocycles. The van der Waals surface area contributed by atoms with Crippen LogP contribution in [0.3, 0.4) is 0 Å². The fourth-order valence-electron chi connectivity index (χ4n) is 2.84. The number of rotatable bonds is 7. The predicted molar refractivity (Wildman–Crippen MR) is 91.1 cm³/mol. The Morgan fingerprint density at radius 3 is 2.67 bits per heavy atom. The third kappa shape index (κ3) is 3.98. The van der Waals surface area contributed by atoms with Gasteiger partial charge in [-0.15, -0.1) is 0 Å². The fourth-order valence-corrected chi connectivity index (χ4v) is 2.84. The van der Waals surface area contributed by atoms with Crippen molar-refractivity contribution in [3.63, 3.8) is 0 Å². The number of methoxy groups -OCH3 is 1. The summed E-state index contributed by atoms with van der Waals surface area (Å²) >= 11 is 0. The lowest BCUT2D eigenvalue weighted by Gasteiger charge is -2.21. The molecule has 0 aromatic heterocycles. The second-order valence-electron chi connectivity index (χ2n) is 5.94. The lowest BCUT2D eigenvalue weighted by Crippen LogP contribution is -2.29. The number of ether oxygens (including phenoxy) is 1. The summed E-state index contributed by atoms with van der Waals surface area (Å²) in [6.45, 7) is 4.59. The van der Waals surface area contributed by atoms with Gasteiger partial charge in [-0.05, 0) is 54.3 Å². The van der Waals surface area contributed by atoms with Crippen LogP contribution in [0.15, 0.2) is 36.4 Å². The van der Waals surface area contributed by atoms with Crippen molar-refractivity contribution < 1.29 is 4.74 Å². The first-order valence-corrected chi connectivity index (χ1v) is 7.90. The molecule has 0 aliphatic heterocycles. The Hall–Kier alpha value is -1.54. The molecule has 0 aliphatic rings. The van der Waals surface area contributed by atoms with Gasteiger partial charge in [-0.2, -0.15) is 0 Å². The van der Waals surface area contributed by atoms with Gasteiger partial charge >= 0.3 is 0 Å². The van der Waals surface area contributed by atoms with Crippen LogP contribution in [0.4, 0.5) is 0 Å². The Morgan fingerprint density at radius 1 is 1.19 bits per heavy atom. The van der Waals surface area contributed by atoms with Gasteiger partial charge in [0, 0.05) is 6.04 Å². The van der Waals surface area contributed by atoms with Crippen LogP contribution in [0.25, 0.3) is 10.8 Å². The van der Waals surface area contributed by atoms with Crippen molar-refractivity contribution >= 4 is 10.8 Å². The zero-order valence-electron chi connectivity index (χ0n) is 13.6. The summed E-state index contributed by atoms with van der Waals surface area (Å²) in [7, 11) is 3.79. The molecule has 0 amide bonds. The molecule has 0 radical (unpaired) electrons. The van der Waals surface area contributed by atoms with E-state index in [1.54, 1.807) is 7.11 Å². The van der Waals surface area contributed by atoms with Crippen molar-refractivity contribution in [2.24, 2.45) is 5.92 Å². The average Bonchev–Trinajstić information content (AvgIpc) is 2.53. The summed E-state index contributed by atoms with van der Waals surface area (Å²) in [5.74, 6) is 1.69. The standard InChI is InChI=1S/C19H27NO/c1-5-14(2)11-17(20-3)12-16-8-6-7-15-9-10-18(21-4)13-19(15)16/h6-10,13-14,17,20H,5,11-12H2,1-4H3. The lowest BCUT2D eigenvalue weighted by molar-refractivity contribution is 0.410. The highest BCUT2D eigenvalue weighted by atomic mass is 16.5. The molecule has 0 fully saturated rings. The molecule has 2 unspecified atom stereocenters. The summed E-state index contributed by atoms with van der Waals surface area (Å²) in [5.41, 5.74) is 1.40. The van der Waals surface area contributed by atoms with Crippen molar-refractivity contribution in [3.8, 4) is 5.75 Å².